The average Bonchev–Trinajstić information content (AvgIpc) is 2.77. The third-order valence-corrected chi connectivity index (χ3v) is 5.33. The number of hydrogen-bond acceptors (Lipinski definition) is 5. The Morgan fingerprint density at radius 1 is 0.933 bits per heavy atom. The average molecular weight is 398 g/mol. The van der Waals surface area contributed by atoms with Gasteiger partial charge in [0.2, 0.25) is 0 Å². The summed E-state index contributed by atoms with van der Waals surface area (Å²) in [7, 11) is 0. The highest BCUT2D eigenvalue weighted by Crippen LogP contribution is 2.36. The minimum Gasteiger partial charge on any atom is -0.393 e. The first kappa shape index (κ1) is 19.7. The molecule has 0 spiro atoms. The van der Waals surface area contributed by atoms with E-state index in [-0.39, 0.29) is 0 Å². The lowest BCUT2D eigenvalue weighted by atomic mass is 10.0. The van der Waals surface area contributed by atoms with E-state index in [0.717, 1.165) is 17.9 Å². The molecule has 4 rings (SSSR count). The molecule has 0 amide bonds. The van der Waals surface area contributed by atoms with E-state index in [4.69, 9.17) is 5.73 Å². The highest BCUT2D eigenvalue weighted by atomic mass is 15.2. The largest absolute Gasteiger partial charge is 0.393 e. The molecule has 0 radical (unpaired) electrons. The quantitative estimate of drug-likeness (QED) is 0.403. The van der Waals surface area contributed by atoms with Crippen molar-refractivity contribution in [2.75, 3.05) is 22.5 Å². The maximum absolute atomic E-state index is 6.54. The number of nitrogens with one attached hydrogen (secondary N) is 1. The molecule has 30 heavy (non-hydrogen) atoms. The molecule has 4 aromatic rings. The number of aromatic nitrogens is 2. The normalized spacial score (nSPS) is 11.1. The summed E-state index contributed by atoms with van der Waals surface area (Å²) in [6, 6.07) is 23.0. The molecule has 5 heteroatoms. The van der Waals surface area contributed by atoms with Gasteiger partial charge in [-0.2, -0.15) is 0 Å². The van der Waals surface area contributed by atoms with Gasteiger partial charge in [-0.15, -0.1) is 0 Å². The number of rotatable bonds is 6. The van der Waals surface area contributed by atoms with Gasteiger partial charge in [0.1, 0.15) is 12.0 Å². The number of fused-ring (bicyclic) bond motifs is 1. The predicted molar refractivity (Wildman–Crippen MR) is 127 cm³/mol. The number of benzene rings is 3. The summed E-state index contributed by atoms with van der Waals surface area (Å²) >= 11 is 0. The standard InChI is InChI=1S/C25H27N5/c1-4-30(22-11-7-9-19-8-5-6-10-21(19)22)25-23(26)24(27-16-28-25)29-20-14-12-18(13-15-20)17(2)3/h5-17H,4,26H2,1-3H3,(H,27,28,29). The Morgan fingerprint density at radius 2 is 1.67 bits per heavy atom. The summed E-state index contributed by atoms with van der Waals surface area (Å²) in [5.74, 6) is 1.80. The van der Waals surface area contributed by atoms with Crippen molar-refractivity contribution < 1.29 is 0 Å². The van der Waals surface area contributed by atoms with Gasteiger partial charge in [-0.05, 0) is 42.0 Å². The number of nitrogens with zero attached hydrogens (tertiary/aromatic N) is 3. The first-order valence-corrected chi connectivity index (χ1v) is 10.3. The molecule has 0 saturated carbocycles. The van der Waals surface area contributed by atoms with E-state index in [0.29, 0.717) is 23.2 Å². The minimum absolute atomic E-state index is 0.494. The van der Waals surface area contributed by atoms with Crippen LogP contribution in [0.2, 0.25) is 0 Å². The Bertz CT molecular complexity index is 1150. The van der Waals surface area contributed by atoms with Crippen LogP contribution in [-0.2, 0) is 0 Å². The van der Waals surface area contributed by atoms with Crippen LogP contribution in [0, 0.1) is 0 Å². The van der Waals surface area contributed by atoms with Gasteiger partial charge in [-0.1, -0.05) is 62.4 Å². The van der Waals surface area contributed by atoms with Crippen molar-refractivity contribution in [1.82, 2.24) is 9.97 Å². The van der Waals surface area contributed by atoms with Gasteiger partial charge in [0.15, 0.2) is 11.6 Å². The van der Waals surface area contributed by atoms with Crippen molar-refractivity contribution in [3.8, 4) is 0 Å². The molecule has 1 heterocycles. The minimum atomic E-state index is 0.494. The second kappa shape index (κ2) is 8.41. The summed E-state index contributed by atoms with van der Waals surface area (Å²) in [6.07, 6.45) is 1.56. The SMILES string of the molecule is CCN(c1ncnc(Nc2ccc(C(C)C)cc2)c1N)c1cccc2ccccc12. The van der Waals surface area contributed by atoms with Crippen LogP contribution in [0.5, 0.6) is 0 Å². The Morgan fingerprint density at radius 3 is 2.40 bits per heavy atom. The maximum Gasteiger partial charge on any atom is 0.161 e. The maximum atomic E-state index is 6.54. The Balaban J connectivity index is 1.70. The summed E-state index contributed by atoms with van der Waals surface area (Å²) < 4.78 is 0. The van der Waals surface area contributed by atoms with Crippen LogP contribution in [0.4, 0.5) is 28.7 Å². The van der Waals surface area contributed by atoms with E-state index in [1.807, 2.05) is 6.07 Å². The van der Waals surface area contributed by atoms with Crippen LogP contribution in [0.1, 0.15) is 32.3 Å². The van der Waals surface area contributed by atoms with E-state index < -0.39 is 0 Å². The van der Waals surface area contributed by atoms with E-state index in [2.05, 4.69) is 102 Å². The summed E-state index contributed by atoms with van der Waals surface area (Å²) in [5, 5.41) is 5.69. The fourth-order valence-corrected chi connectivity index (χ4v) is 3.67. The highest BCUT2D eigenvalue weighted by Gasteiger charge is 2.17. The zero-order valence-electron chi connectivity index (χ0n) is 17.6. The summed E-state index contributed by atoms with van der Waals surface area (Å²) in [6.45, 7) is 7.20. The molecule has 152 valence electrons. The first-order valence-electron chi connectivity index (χ1n) is 10.3. The van der Waals surface area contributed by atoms with Crippen molar-refractivity contribution in [2.24, 2.45) is 0 Å². The lowest BCUT2D eigenvalue weighted by molar-refractivity contribution is 0.867. The molecule has 3 N–H and O–H groups in total. The van der Waals surface area contributed by atoms with Crippen molar-refractivity contribution in [2.45, 2.75) is 26.7 Å². The smallest absolute Gasteiger partial charge is 0.161 e. The molecule has 0 fully saturated rings. The van der Waals surface area contributed by atoms with E-state index in [1.54, 1.807) is 6.33 Å². The Labute approximate surface area is 177 Å². The molecule has 0 aliphatic rings. The zero-order valence-corrected chi connectivity index (χ0v) is 17.6. The van der Waals surface area contributed by atoms with Crippen LogP contribution in [-0.4, -0.2) is 16.5 Å². The second-order valence-corrected chi connectivity index (χ2v) is 7.60. The monoisotopic (exact) mass is 397 g/mol. The molecule has 5 nitrogen and oxygen atoms in total. The lowest BCUT2D eigenvalue weighted by Gasteiger charge is -2.25. The van der Waals surface area contributed by atoms with Crippen molar-refractivity contribution >= 4 is 39.5 Å². The van der Waals surface area contributed by atoms with Crippen LogP contribution >= 0.6 is 0 Å². The highest BCUT2D eigenvalue weighted by molar-refractivity contribution is 5.97. The van der Waals surface area contributed by atoms with Gasteiger partial charge < -0.3 is 16.0 Å². The van der Waals surface area contributed by atoms with E-state index in [9.17, 15) is 0 Å². The fourth-order valence-electron chi connectivity index (χ4n) is 3.67. The molecule has 0 aliphatic heterocycles. The predicted octanol–water partition coefficient (Wildman–Crippen LogP) is 6.24. The number of hydrogen-bond donors (Lipinski definition) is 2. The van der Waals surface area contributed by atoms with Crippen LogP contribution in [0.15, 0.2) is 73.1 Å². The third-order valence-electron chi connectivity index (χ3n) is 5.33. The van der Waals surface area contributed by atoms with Gasteiger partial charge in [0.05, 0.1) is 5.69 Å². The third kappa shape index (κ3) is 3.79. The number of nitrogens with two attached hydrogens (primary N) is 1. The lowest BCUT2D eigenvalue weighted by Crippen LogP contribution is -2.20. The van der Waals surface area contributed by atoms with Gasteiger partial charge in [-0.25, -0.2) is 9.97 Å². The molecule has 1 aromatic heterocycles. The molecule has 0 unspecified atom stereocenters. The molecular formula is C25H27N5. The molecule has 0 atom stereocenters. The second-order valence-electron chi connectivity index (χ2n) is 7.60. The molecule has 0 bridgehead atoms. The Kier molecular flexibility index (Phi) is 5.53. The van der Waals surface area contributed by atoms with Gasteiger partial charge in [0.25, 0.3) is 0 Å². The summed E-state index contributed by atoms with van der Waals surface area (Å²) in [5.41, 5.74) is 10.4. The molecule has 3 aromatic carbocycles. The van der Waals surface area contributed by atoms with Gasteiger partial charge >= 0.3 is 0 Å². The van der Waals surface area contributed by atoms with Crippen LogP contribution < -0.4 is 16.0 Å². The van der Waals surface area contributed by atoms with Crippen molar-refractivity contribution in [3.05, 3.63) is 78.6 Å². The van der Waals surface area contributed by atoms with Crippen molar-refractivity contribution in [3.63, 3.8) is 0 Å². The van der Waals surface area contributed by atoms with Crippen LogP contribution in [0.3, 0.4) is 0 Å². The molecule has 0 aliphatic carbocycles. The van der Waals surface area contributed by atoms with Crippen LogP contribution in [0.25, 0.3) is 10.8 Å². The number of nitrogen functional groups attached to an aromatic ring is 1. The molecule has 0 saturated heterocycles. The topological polar surface area (TPSA) is 67.1 Å². The van der Waals surface area contributed by atoms with E-state index in [1.165, 1.54) is 16.3 Å². The molecular weight excluding hydrogens is 370 g/mol. The zero-order chi connectivity index (χ0) is 21.1. The first-order chi connectivity index (χ1) is 14.6. The fraction of sp³-hybridized carbons (Fsp3) is 0.200. The Hall–Kier alpha value is -3.60. The van der Waals surface area contributed by atoms with Crippen molar-refractivity contribution in [1.29, 1.82) is 0 Å². The van der Waals surface area contributed by atoms with Gasteiger partial charge in [-0.3, -0.25) is 0 Å². The number of anilines is 5. The van der Waals surface area contributed by atoms with Gasteiger partial charge in [0, 0.05) is 17.6 Å². The summed E-state index contributed by atoms with van der Waals surface area (Å²) in [4.78, 5) is 11.0. The van der Waals surface area contributed by atoms with E-state index >= 15 is 0 Å².